The van der Waals surface area contributed by atoms with Crippen molar-refractivity contribution in [3.8, 4) is 0 Å². The third-order valence-electron chi connectivity index (χ3n) is 2.27. The Morgan fingerprint density at radius 3 is 2.76 bits per heavy atom. The topological polar surface area (TPSA) is 70.5 Å². The van der Waals surface area contributed by atoms with Gasteiger partial charge in [0.25, 0.3) is 0 Å². The molecule has 1 aromatic heterocycles. The molecule has 96 valence electrons. The summed E-state index contributed by atoms with van der Waals surface area (Å²) in [5.41, 5.74) is 0.871. The molecule has 0 aliphatic heterocycles. The number of likely N-dealkylation sites (N-methyl/N-ethyl adjacent to an activating group) is 1. The molecule has 1 atom stereocenters. The van der Waals surface area contributed by atoms with Crippen LogP contribution in [0.15, 0.2) is 12.4 Å². The van der Waals surface area contributed by atoms with Crippen LogP contribution in [0.2, 0.25) is 0 Å². The van der Waals surface area contributed by atoms with E-state index in [4.69, 9.17) is 4.74 Å². The molecule has 0 saturated heterocycles. The zero-order valence-corrected chi connectivity index (χ0v) is 10.6. The van der Waals surface area contributed by atoms with Gasteiger partial charge in [0.05, 0.1) is 30.8 Å². The summed E-state index contributed by atoms with van der Waals surface area (Å²) in [5, 5.41) is 12.5. The molecule has 0 aliphatic rings. The van der Waals surface area contributed by atoms with Gasteiger partial charge >= 0.3 is 0 Å². The summed E-state index contributed by atoms with van der Waals surface area (Å²) in [7, 11) is 5.30. The molecule has 0 saturated carbocycles. The van der Waals surface area contributed by atoms with Gasteiger partial charge in [-0.05, 0) is 7.05 Å². The summed E-state index contributed by atoms with van der Waals surface area (Å²) in [5.74, 6) is 0.746. The summed E-state index contributed by atoms with van der Waals surface area (Å²) in [6, 6.07) is 0. The lowest BCUT2D eigenvalue weighted by Crippen LogP contribution is -2.31. The second-order valence-corrected chi connectivity index (χ2v) is 3.95. The highest BCUT2D eigenvalue weighted by molar-refractivity contribution is 5.29. The van der Waals surface area contributed by atoms with Crippen LogP contribution in [0.3, 0.4) is 0 Å². The molecule has 6 nitrogen and oxygen atoms in total. The normalized spacial score (nSPS) is 12.8. The highest BCUT2D eigenvalue weighted by atomic mass is 16.5. The van der Waals surface area contributed by atoms with E-state index in [0.29, 0.717) is 19.7 Å². The Bertz CT molecular complexity index is 318. The maximum absolute atomic E-state index is 9.57. The van der Waals surface area contributed by atoms with Gasteiger partial charge < -0.3 is 15.2 Å². The summed E-state index contributed by atoms with van der Waals surface area (Å²) >= 11 is 0. The Morgan fingerprint density at radius 1 is 1.47 bits per heavy atom. The van der Waals surface area contributed by atoms with Crippen LogP contribution in [0.25, 0.3) is 0 Å². The number of nitrogens with zero attached hydrogens (tertiary/aromatic N) is 3. The predicted octanol–water partition coefficient (Wildman–Crippen LogP) is -0.0426. The van der Waals surface area contributed by atoms with E-state index in [0.717, 1.165) is 11.5 Å². The smallest absolute Gasteiger partial charge is 0.144 e. The van der Waals surface area contributed by atoms with Crippen LogP contribution in [0, 0.1) is 0 Å². The molecular weight excluding hydrogens is 220 g/mol. The van der Waals surface area contributed by atoms with E-state index in [2.05, 4.69) is 15.3 Å². The third kappa shape index (κ3) is 5.08. The van der Waals surface area contributed by atoms with Gasteiger partial charge in [0.15, 0.2) is 0 Å². The molecule has 1 heterocycles. The monoisotopic (exact) mass is 240 g/mol. The van der Waals surface area contributed by atoms with Gasteiger partial charge in [-0.15, -0.1) is 0 Å². The van der Waals surface area contributed by atoms with E-state index in [1.165, 1.54) is 0 Å². The molecule has 0 bridgehead atoms. The minimum Gasteiger partial charge on any atom is -0.389 e. The summed E-state index contributed by atoms with van der Waals surface area (Å²) in [6.45, 7) is 1.54. The first kappa shape index (κ1) is 13.8. The number of aliphatic hydroxyl groups excluding tert-OH is 1. The lowest BCUT2D eigenvalue weighted by atomic mass is 10.3. The van der Waals surface area contributed by atoms with Crippen molar-refractivity contribution in [1.82, 2.24) is 14.9 Å². The molecular formula is C11H20N4O2. The van der Waals surface area contributed by atoms with E-state index in [1.54, 1.807) is 26.6 Å². The molecule has 6 heteroatoms. The molecule has 1 rings (SSSR count). The Balaban J connectivity index is 2.41. The maximum atomic E-state index is 9.57. The van der Waals surface area contributed by atoms with E-state index < -0.39 is 6.10 Å². The standard InChI is InChI=1S/C11H20N4O2/c1-12-11-5-13-9(4-14-11)6-15(2)7-10(16)8-17-3/h4-5,10,16H,6-8H2,1-3H3,(H,12,14). The molecule has 1 unspecified atom stereocenters. The van der Waals surface area contributed by atoms with Crippen molar-refractivity contribution in [2.75, 3.05) is 39.7 Å². The van der Waals surface area contributed by atoms with Gasteiger partial charge in [-0.2, -0.15) is 0 Å². The minimum atomic E-state index is -0.477. The molecule has 2 N–H and O–H groups in total. The van der Waals surface area contributed by atoms with Crippen molar-refractivity contribution in [3.05, 3.63) is 18.1 Å². The van der Waals surface area contributed by atoms with Crippen LogP contribution in [0.5, 0.6) is 0 Å². The maximum Gasteiger partial charge on any atom is 0.144 e. The van der Waals surface area contributed by atoms with Crippen LogP contribution in [-0.4, -0.2) is 60.4 Å². The number of anilines is 1. The molecule has 0 aromatic carbocycles. The highest BCUT2D eigenvalue weighted by Crippen LogP contribution is 2.03. The summed E-state index contributed by atoms with van der Waals surface area (Å²) in [4.78, 5) is 10.4. The van der Waals surface area contributed by atoms with Crippen LogP contribution in [-0.2, 0) is 11.3 Å². The van der Waals surface area contributed by atoms with Crippen molar-refractivity contribution < 1.29 is 9.84 Å². The van der Waals surface area contributed by atoms with Crippen molar-refractivity contribution in [2.24, 2.45) is 0 Å². The first-order chi connectivity index (χ1) is 8.15. The zero-order valence-electron chi connectivity index (χ0n) is 10.6. The number of ether oxygens (including phenoxy) is 1. The Kier molecular flexibility index (Phi) is 5.82. The fourth-order valence-electron chi connectivity index (χ4n) is 1.51. The van der Waals surface area contributed by atoms with Crippen LogP contribution in [0.4, 0.5) is 5.82 Å². The van der Waals surface area contributed by atoms with Gasteiger partial charge in [-0.25, -0.2) is 4.98 Å². The molecule has 0 amide bonds. The fourth-order valence-corrected chi connectivity index (χ4v) is 1.51. The first-order valence-electron chi connectivity index (χ1n) is 5.50. The van der Waals surface area contributed by atoms with Crippen LogP contribution in [0.1, 0.15) is 5.69 Å². The molecule has 0 fully saturated rings. The number of hydrogen-bond donors (Lipinski definition) is 2. The molecule has 0 aliphatic carbocycles. The van der Waals surface area contributed by atoms with Gasteiger partial charge in [0.1, 0.15) is 5.82 Å². The number of aromatic nitrogens is 2. The third-order valence-corrected chi connectivity index (χ3v) is 2.27. The van der Waals surface area contributed by atoms with Crippen molar-refractivity contribution in [3.63, 3.8) is 0 Å². The Hall–Kier alpha value is -1.24. The molecule has 0 radical (unpaired) electrons. The van der Waals surface area contributed by atoms with Gasteiger partial charge in [0, 0.05) is 27.2 Å². The SMILES string of the molecule is CNc1cnc(CN(C)CC(O)COC)cn1. The van der Waals surface area contributed by atoms with Crippen LogP contribution >= 0.6 is 0 Å². The first-order valence-corrected chi connectivity index (χ1v) is 5.50. The second kappa shape index (κ2) is 7.16. The fraction of sp³-hybridized carbons (Fsp3) is 0.636. The largest absolute Gasteiger partial charge is 0.389 e. The molecule has 1 aromatic rings. The number of rotatable bonds is 7. The second-order valence-electron chi connectivity index (χ2n) is 3.95. The van der Waals surface area contributed by atoms with Gasteiger partial charge in [0.2, 0.25) is 0 Å². The van der Waals surface area contributed by atoms with E-state index in [-0.39, 0.29) is 0 Å². The zero-order chi connectivity index (χ0) is 12.7. The number of nitrogens with one attached hydrogen (secondary N) is 1. The van der Waals surface area contributed by atoms with E-state index in [1.807, 2.05) is 11.9 Å². The van der Waals surface area contributed by atoms with Crippen molar-refractivity contribution in [2.45, 2.75) is 12.6 Å². The Morgan fingerprint density at radius 2 is 2.24 bits per heavy atom. The van der Waals surface area contributed by atoms with Crippen LogP contribution < -0.4 is 5.32 Å². The van der Waals surface area contributed by atoms with E-state index >= 15 is 0 Å². The lowest BCUT2D eigenvalue weighted by molar-refractivity contribution is 0.0416. The van der Waals surface area contributed by atoms with Crippen molar-refractivity contribution in [1.29, 1.82) is 0 Å². The quantitative estimate of drug-likeness (QED) is 0.697. The number of aliphatic hydroxyl groups is 1. The molecule has 17 heavy (non-hydrogen) atoms. The van der Waals surface area contributed by atoms with Gasteiger partial charge in [-0.3, -0.25) is 9.88 Å². The predicted molar refractivity (Wildman–Crippen MR) is 65.8 cm³/mol. The average molecular weight is 240 g/mol. The number of hydrogen-bond acceptors (Lipinski definition) is 6. The summed E-state index contributed by atoms with van der Waals surface area (Å²) < 4.78 is 4.87. The lowest BCUT2D eigenvalue weighted by Gasteiger charge is -2.19. The van der Waals surface area contributed by atoms with Crippen molar-refractivity contribution >= 4 is 5.82 Å². The minimum absolute atomic E-state index is 0.342. The average Bonchev–Trinajstić information content (AvgIpc) is 2.30. The van der Waals surface area contributed by atoms with E-state index in [9.17, 15) is 5.11 Å². The highest BCUT2D eigenvalue weighted by Gasteiger charge is 2.08. The Labute approximate surface area is 102 Å². The molecule has 0 spiro atoms. The van der Waals surface area contributed by atoms with Gasteiger partial charge in [-0.1, -0.05) is 0 Å². The number of methoxy groups -OCH3 is 1. The summed E-state index contributed by atoms with van der Waals surface area (Å²) in [6.07, 6.45) is 2.94.